The van der Waals surface area contributed by atoms with Crippen molar-refractivity contribution in [2.75, 3.05) is 19.8 Å². The maximum absolute atomic E-state index is 11.8. The number of carbonyl (C=O) groups excluding carboxylic acids is 1. The highest BCUT2D eigenvalue weighted by atomic mass is 16.5. The van der Waals surface area contributed by atoms with Crippen molar-refractivity contribution in [3.8, 4) is 11.5 Å². The number of hydrogen-bond donors (Lipinski definition) is 1. The largest absolute Gasteiger partial charge is 0.381 e. The number of nitrogens with zero attached hydrogens (tertiary/aromatic N) is 3. The van der Waals surface area contributed by atoms with Crippen molar-refractivity contribution in [1.29, 1.82) is 0 Å². The summed E-state index contributed by atoms with van der Waals surface area (Å²) >= 11 is 0. The molecule has 22 heavy (non-hydrogen) atoms. The summed E-state index contributed by atoms with van der Waals surface area (Å²) in [4.78, 5) is 20.2. The van der Waals surface area contributed by atoms with Crippen molar-refractivity contribution < 1.29 is 14.1 Å². The molecule has 0 aliphatic carbocycles. The molecule has 116 valence electrons. The predicted octanol–water partition coefficient (Wildman–Crippen LogP) is 1.22. The zero-order valence-electron chi connectivity index (χ0n) is 12.2. The van der Waals surface area contributed by atoms with Crippen LogP contribution in [0.15, 0.2) is 28.9 Å². The summed E-state index contributed by atoms with van der Waals surface area (Å²) in [6, 6.07) is 5.49. The van der Waals surface area contributed by atoms with E-state index < -0.39 is 0 Å². The van der Waals surface area contributed by atoms with Gasteiger partial charge < -0.3 is 14.6 Å². The third kappa shape index (κ3) is 3.88. The Bertz CT molecular complexity index is 608. The molecule has 0 spiro atoms. The lowest BCUT2D eigenvalue weighted by Gasteiger charge is -2.08. The van der Waals surface area contributed by atoms with E-state index in [4.69, 9.17) is 9.26 Å². The first-order chi connectivity index (χ1) is 10.8. The van der Waals surface area contributed by atoms with Crippen molar-refractivity contribution in [3.63, 3.8) is 0 Å². The maximum atomic E-state index is 11.8. The van der Waals surface area contributed by atoms with Gasteiger partial charge in [0.15, 0.2) is 0 Å². The number of ether oxygens (including phenoxy) is 1. The van der Waals surface area contributed by atoms with E-state index in [0.29, 0.717) is 42.7 Å². The summed E-state index contributed by atoms with van der Waals surface area (Å²) < 4.78 is 10.4. The average Bonchev–Trinajstić information content (AvgIpc) is 3.23. The summed E-state index contributed by atoms with van der Waals surface area (Å²) in [5, 5.41) is 6.79. The minimum atomic E-state index is -0.00974. The lowest BCUT2D eigenvalue weighted by molar-refractivity contribution is -0.121. The number of pyridine rings is 1. The molecule has 1 N–H and O–H groups in total. The van der Waals surface area contributed by atoms with Gasteiger partial charge in [-0.2, -0.15) is 4.98 Å². The van der Waals surface area contributed by atoms with Crippen LogP contribution < -0.4 is 5.32 Å². The molecule has 2 aromatic rings. The maximum Gasteiger partial charge on any atom is 0.227 e. The third-order valence-electron chi connectivity index (χ3n) is 3.54. The van der Waals surface area contributed by atoms with Crippen molar-refractivity contribution in [3.05, 3.63) is 30.3 Å². The molecule has 0 unspecified atom stereocenters. The van der Waals surface area contributed by atoms with E-state index in [1.165, 1.54) is 0 Å². The van der Waals surface area contributed by atoms with Gasteiger partial charge in [-0.25, -0.2) is 0 Å². The Hall–Kier alpha value is -2.28. The van der Waals surface area contributed by atoms with Gasteiger partial charge in [0.1, 0.15) is 5.69 Å². The van der Waals surface area contributed by atoms with Gasteiger partial charge in [-0.3, -0.25) is 9.78 Å². The molecule has 1 saturated heterocycles. The van der Waals surface area contributed by atoms with Gasteiger partial charge >= 0.3 is 0 Å². The molecule has 2 aromatic heterocycles. The van der Waals surface area contributed by atoms with E-state index in [-0.39, 0.29) is 5.91 Å². The first-order valence-electron chi connectivity index (χ1n) is 7.39. The second kappa shape index (κ2) is 7.13. The molecule has 7 nitrogen and oxygen atoms in total. The van der Waals surface area contributed by atoms with Crippen LogP contribution in [0.5, 0.6) is 0 Å². The number of aryl methyl sites for hydroxylation is 1. The van der Waals surface area contributed by atoms with E-state index in [1.807, 2.05) is 18.2 Å². The van der Waals surface area contributed by atoms with Crippen LogP contribution in [-0.4, -0.2) is 40.8 Å². The highest BCUT2D eigenvalue weighted by Gasteiger charge is 2.16. The summed E-state index contributed by atoms with van der Waals surface area (Å²) in [5.74, 6) is 1.31. The molecule has 3 heterocycles. The molecular formula is C15H18N4O3. The van der Waals surface area contributed by atoms with Gasteiger partial charge in [0.05, 0.1) is 6.61 Å². The second-order valence-electron chi connectivity index (χ2n) is 5.26. The first kappa shape index (κ1) is 14.6. The van der Waals surface area contributed by atoms with Gasteiger partial charge in [0, 0.05) is 38.1 Å². The van der Waals surface area contributed by atoms with Crippen LogP contribution in [0, 0.1) is 5.92 Å². The van der Waals surface area contributed by atoms with Crippen LogP contribution >= 0.6 is 0 Å². The van der Waals surface area contributed by atoms with Crippen LogP contribution in [0.2, 0.25) is 0 Å². The van der Waals surface area contributed by atoms with Crippen molar-refractivity contribution >= 4 is 5.91 Å². The van der Waals surface area contributed by atoms with Crippen LogP contribution in [-0.2, 0) is 16.0 Å². The van der Waals surface area contributed by atoms with Crippen molar-refractivity contribution in [2.45, 2.75) is 19.3 Å². The van der Waals surface area contributed by atoms with E-state index in [1.54, 1.807) is 6.20 Å². The lowest BCUT2D eigenvalue weighted by atomic mass is 10.1. The average molecular weight is 302 g/mol. The van der Waals surface area contributed by atoms with Crippen LogP contribution in [0.1, 0.15) is 18.7 Å². The van der Waals surface area contributed by atoms with E-state index in [2.05, 4.69) is 20.4 Å². The Balaban J connectivity index is 1.45. The molecule has 1 amide bonds. The van der Waals surface area contributed by atoms with Gasteiger partial charge in [0.2, 0.25) is 17.6 Å². The molecule has 0 saturated carbocycles. The van der Waals surface area contributed by atoms with Crippen molar-refractivity contribution in [1.82, 2.24) is 20.4 Å². The van der Waals surface area contributed by atoms with Crippen LogP contribution in [0.3, 0.4) is 0 Å². The molecule has 1 fully saturated rings. The van der Waals surface area contributed by atoms with E-state index >= 15 is 0 Å². The minimum Gasteiger partial charge on any atom is -0.381 e. The quantitative estimate of drug-likeness (QED) is 0.862. The smallest absolute Gasteiger partial charge is 0.227 e. The molecular weight excluding hydrogens is 284 g/mol. The zero-order valence-corrected chi connectivity index (χ0v) is 12.2. The highest BCUT2D eigenvalue weighted by molar-refractivity contribution is 5.76. The van der Waals surface area contributed by atoms with Crippen LogP contribution in [0.4, 0.5) is 0 Å². The number of nitrogens with one attached hydrogen (secondary N) is 1. The van der Waals surface area contributed by atoms with Gasteiger partial charge in [-0.1, -0.05) is 11.2 Å². The van der Waals surface area contributed by atoms with E-state index in [9.17, 15) is 4.79 Å². The van der Waals surface area contributed by atoms with Gasteiger partial charge in [-0.15, -0.1) is 0 Å². The number of amides is 1. The zero-order chi connectivity index (χ0) is 15.2. The number of rotatable bonds is 6. The Labute approximate surface area is 128 Å². The van der Waals surface area contributed by atoms with Crippen molar-refractivity contribution in [2.24, 2.45) is 5.92 Å². The Morgan fingerprint density at radius 3 is 3.14 bits per heavy atom. The van der Waals surface area contributed by atoms with Crippen LogP contribution in [0.25, 0.3) is 11.5 Å². The second-order valence-corrected chi connectivity index (χ2v) is 5.26. The van der Waals surface area contributed by atoms with E-state index in [0.717, 1.165) is 19.6 Å². The molecule has 1 atom stereocenters. The fourth-order valence-corrected chi connectivity index (χ4v) is 2.27. The molecule has 3 rings (SSSR count). The SMILES string of the molecule is O=C(CCc1nc(-c2ccccn2)no1)NC[C@@H]1CCOC1. The molecule has 7 heteroatoms. The molecule has 0 radical (unpaired) electrons. The Morgan fingerprint density at radius 2 is 2.36 bits per heavy atom. The van der Waals surface area contributed by atoms with Gasteiger partial charge in [0.25, 0.3) is 0 Å². The normalized spacial score (nSPS) is 17.5. The predicted molar refractivity (Wildman–Crippen MR) is 77.8 cm³/mol. The molecule has 0 bridgehead atoms. The summed E-state index contributed by atoms with van der Waals surface area (Å²) in [7, 11) is 0. The summed E-state index contributed by atoms with van der Waals surface area (Å²) in [6.45, 7) is 2.19. The monoisotopic (exact) mass is 302 g/mol. The fraction of sp³-hybridized carbons (Fsp3) is 0.467. The highest BCUT2D eigenvalue weighted by Crippen LogP contribution is 2.13. The molecule has 1 aliphatic rings. The third-order valence-corrected chi connectivity index (χ3v) is 3.54. The number of hydrogen-bond acceptors (Lipinski definition) is 6. The standard InChI is InChI=1S/C15H18N4O3/c20-13(17-9-11-6-8-21-10-11)4-5-14-18-15(19-22-14)12-3-1-2-7-16-12/h1-3,7,11H,4-6,8-10H2,(H,17,20)/t11-/m0/s1. The lowest BCUT2D eigenvalue weighted by Crippen LogP contribution is -2.29. The first-order valence-corrected chi connectivity index (χ1v) is 7.39. The molecule has 0 aromatic carbocycles. The number of aromatic nitrogens is 3. The Kier molecular flexibility index (Phi) is 4.75. The minimum absolute atomic E-state index is 0.00974. The molecule has 1 aliphatic heterocycles. The topological polar surface area (TPSA) is 90.1 Å². The summed E-state index contributed by atoms with van der Waals surface area (Å²) in [5.41, 5.74) is 0.656. The Morgan fingerprint density at radius 1 is 1.41 bits per heavy atom. The van der Waals surface area contributed by atoms with Gasteiger partial charge in [-0.05, 0) is 18.6 Å². The fourth-order valence-electron chi connectivity index (χ4n) is 2.27. The summed E-state index contributed by atoms with van der Waals surface area (Å²) in [6.07, 6.45) is 3.44. The number of carbonyl (C=O) groups is 1.